The molecule has 86 valence electrons. The summed E-state index contributed by atoms with van der Waals surface area (Å²) in [5, 5.41) is 14.6. The van der Waals surface area contributed by atoms with E-state index >= 15 is 0 Å². The quantitative estimate of drug-likeness (QED) is 0.702. The molecule has 0 aliphatic carbocycles. The molecule has 0 aromatic carbocycles. The van der Waals surface area contributed by atoms with Gasteiger partial charge in [-0.2, -0.15) is 10.2 Å². The van der Waals surface area contributed by atoms with E-state index in [0.717, 1.165) is 4.88 Å². The molecule has 0 unspecified atom stereocenters. The zero-order chi connectivity index (χ0) is 12.4. The Morgan fingerprint density at radius 1 is 1.33 bits per heavy atom. The summed E-state index contributed by atoms with van der Waals surface area (Å²) in [5.41, 5.74) is 1.01. The van der Waals surface area contributed by atoms with Gasteiger partial charge in [-0.25, -0.2) is 4.98 Å². The average molecular weight is 254 g/mol. The molecule has 3 aromatic heterocycles. The van der Waals surface area contributed by atoms with Crippen molar-refractivity contribution in [2.75, 3.05) is 0 Å². The Balaban J connectivity index is 2.01. The summed E-state index contributed by atoms with van der Waals surface area (Å²) in [6, 6.07) is 9.17. The number of thiophene rings is 1. The highest BCUT2D eigenvalue weighted by molar-refractivity contribution is 7.13. The maximum atomic E-state index is 8.79. The van der Waals surface area contributed by atoms with Gasteiger partial charge in [-0.05, 0) is 23.6 Å². The maximum Gasteiger partial charge on any atom is 0.258 e. The molecule has 0 atom stereocenters. The summed E-state index contributed by atoms with van der Waals surface area (Å²) >= 11 is 1.54. The monoisotopic (exact) mass is 254 g/mol. The van der Waals surface area contributed by atoms with E-state index in [1.165, 1.54) is 0 Å². The molecule has 3 heterocycles. The van der Waals surface area contributed by atoms with Crippen molar-refractivity contribution in [3.05, 3.63) is 41.5 Å². The van der Waals surface area contributed by atoms with Crippen molar-refractivity contribution in [3.8, 4) is 28.2 Å². The van der Waals surface area contributed by atoms with Crippen molar-refractivity contribution >= 4 is 11.3 Å². The Bertz CT molecular complexity index is 712. The fourth-order valence-electron chi connectivity index (χ4n) is 1.47. The molecule has 0 bridgehead atoms. The van der Waals surface area contributed by atoms with E-state index in [2.05, 4.69) is 15.1 Å². The van der Waals surface area contributed by atoms with Crippen LogP contribution in [0.5, 0.6) is 0 Å². The second kappa shape index (κ2) is 4.39. The van der Waals surface area contributed by atoms with Gasteiger partial charge in [0.05, 0.1) is 4.88 Å². The van der Waals surface area contributed by atoms with Crippen LogP contribution >= 0.6 is 11.3 Å². The Morgan fingerprint density at radius 3 is 3.06 bits per heavy atom. The predicted molar refractivity (Wildman–Crippen MR) is 65.6 cm³/mol. The summed E-state index contributed by atoms with van der Waals surface area (Å²) in [7, 11) is 0. The van der Waals surface area contributed by atoms with Crippen molar-refractivity contribution in [2.24, 2.45) is 0 Å². The van der Waals surface area contributed by atoms with Crippen LogP contribution in [0.15, 0.2) is 40.4 Å². The zero-order valence-electron chi connectivity index (χ0n) is 9.07. The zero-order valence-corrected chi connectivity index (χ0v) is 9.89. The van der Waals surface area contributed by atoms with Crippen LogP contribution in [0.2, 0.25) is 0 Å². The fourth-order valence-corrected chi connectivity index (χ4v) is 2.12. The van der Waals surface area contributed by atoms with Gasteiger partial charge in [0.15, 0.2) is 0 Å². The van der Waals surface area contributed by atoms with Gasteiger partial charge in [0.25, 0.3) is 5.89 Å². The minimum Gasteiger partial charge on any atom is -0.334 e. The van der Waals surface area contributed by atoms with Crippen LogP contribution < -0.4 is 0 Å². The largest absolute Gasteiger partial charge is 0.334 e. The molecular weight excluding hydrogens is 248 g/mol. The van der Waals surface area contributed by atoms with Crippen LogP contribution in [0.3, 0.4) is 0 Å². The number of rotatable bonds is 2. The number of hydrogen-bond donors (Lipinski definition) is 0. The molecular formula is C12H6N4OS. The van der Waals surface area contributed by atoms with Gasteiger partial charge in [-0.15, -0.1) is 11.3 Å². The highest BCUT2D eigenvalue weighted by atomic mass is 32.1. The lowest BCUT2D eigenvalue weighted by Crippen LogP contribution is -1.84. The number of nitriles is 1. The fraction of sp³-hybridized carbons (Fsp3) is 0. The van der Waals surface area contributed by atoms with E-state index in [0.29, 0.717) is 23.0 Å². The minimum atomic E-state index is 0.323. The molecule has 0 aliphatic rings. The first-order valence-corrected chi connectivity index (χ1v) is 5.99. The number of aromatic nitrogens is 3. The van der Waals surface area contributed by atoms with Crippen LogP contribution in [0.25, 0.3) is 22.2 Å². The molecule has 18 heavy (non-hydrogen) atoms. The second-order valence-corrected chi connectivity index (χ2v) is 4.39. The third-order valence-electron chi connectivity index (χ3n) is 2.29. The Morgan fingerprint density at radius 2 is 2.28 bits per heavy atom. The topological polar surface area (TPSA) is 75.6 Å². The number of pyridine rings is 1. The molecule has 0 aliphatic heterocycles. The predicted octanol–water partition coefficient (Wildman–Crippen LogP) is 2.73. The lowest BCUT2D eigenvalue weighted by molar-refractivity contribution is 0.432. The smallest absolute Gasteiger partial charge is 0.258 e. The van der Waals surface area contributed by atoms with Gasteiger partial charge < -0.3 is 4.52 Å². The Labute approximate surface area is 106 Å². The first kappa shape index (κ1) is 10.6. The van der Waals surface area contributed by atoms with Crippen LogP contribution in [0, 0.1) is 11.3 Å². The molecule has 0 amide bonds. The molecule has 0 radical (unpaired) electrons. The van der Waals surface area contributed by atoms with E-state index in [-0.39, 0.29) is 0 Å². The van der Waals surface area contributed by atoms with Gasteiger partial charge in [0.1, 0.15) is 11.8 Å². The SMILES string of the molecule is N#Cc1cc(-c2nc(-c3cccs3)no2)ccn1. The van der Waals surface area contributed by atoms with Crippen LogP contribution in [0.1, 0.15) is 5.69 Å². The Hall–Kier alpha value is -2.52. The van der Waals surface area contributed by atoms with Crippen LogP contribution in [-0.4, -0.2) is 15.1 Å². The number of hydrogen-bond acceptors (Lipinski definition) is 6. The minimum absolute atomic E-state index is 0.323. The molecule has 6 heteroatoms. The third kappa shape index (κ3) is 1.87. The normalized spacial score (nSPS) is 10.2. The number of nitrogens with zero attached hydrogens (tertiary/aromatic N) is 4. The first-order valence-electron chi connectivity index (χ1n) is 5.11. The molecule has 3 rings (SSSR count). The highest BCUT2D eigenvalue weighted by Crippen LogP contribution is 2.25. The standard InChI is InChI=1S/C12H6N4OS/c13-7-9-6-8(3-4-14-9)12-15-11(16-17-12)10-2-1-5-18-10/h1-6H. The first-order chi connectivity index (χ1) is 8.86. The van der Waals surface area contributed by atoms with Crippen molar-refractivity contribution < 1.29 is 4.52 Å². The molecule has 3 aromatic rings. The van der Waals surface area contributed by atoms with Gasteiger partial charge in [-0.3, -0.25) is 0 Å². The summed E-state index contributed by atoms with van der Waals surface area (Å²) in [4.78, 5) is 9.13. The summed E-state index contributed by atoms with van der Waals surface area (Å²) in [6.45, 7) is 0. The van der Waals surface area contributed by atoms with Gasteiger partial charge in [-0.1, -0.05) is 11.2 Å². The van der Waals surface area contributed by atoms with E-state index < -0.39 is 0 Å². The second-order valence-electron chi connectivity index (χ2n) is 3.44. The van der Waals surface area contributed by atoms with Crippen LogP contribution in [-0.2, 0) is 0 Å². The summed E-state index contributed by atoms with van der Waals surface area (Å²) in [6.07, 6.45) is 1.54. The highest BCUT2D eigenvalue weighted by Gasteiger charge is 2.11. The van der Waals surface area contributed by atoms with E-state index in [1.54, 1.807) is 29.7 Å². The summed E-state index contributed by atoms with van der Waals surface area (Å²) < 4.78 is 5.18. The average Bonchev–Trinajstić information content (AvgIpc) is 3.09. The Kier molecular flexibility index (Phi) is 2.59. The lowest BCUT2D eigenvalue weighted by atomic mass is 10.2. The molecule has 0 saturated heterocycles. The summed E-state index contributed by atoms with van der Waals surface area (Å²) in [5.74, 6) is 0.938. The molecule has 5 nitrogen and oxygen atoms in total. The van der Waals surface area contributed by atoms with Gasteiger partial charge >= 0.3 is 0 Å². The van der Waals surface area contributed by atoms with Crippen LogP contribution in [0.4, 0.5) is 0 Å². The van der Waals surface area contributed by atoms with E-state index in [1.807, 2.05) is 23.6 Å². The third-order valence-corrected chi connectivity index (χ3v) is 3.15. The van der Waals surface area contributed by atoms with E-state index in [9.17, 15) is 0 Å². The van der Waals surface area contributed by atoms with Gasteiger partial charge in [0.2, 0.25) is 5.82 Å². The van der Waals surface area contributed by atoms with Crippen molar-refractivity contribution in [2.45, 2.75) is 0 Å². The molecule has 0 saturated carbocycles. The molecule has 0 N–H and O–H groups in total. The van der Waals surface area contributed by atoms with Crippen molar-refractivity contribution in [3.63, 3.8) is 0 Å². The van der Waals surface area contributed by atoms with Gasteiger partial charge in [0, 0.05) is 11.8 Å². The molecule has 0 fully saturated rings. The van der Waals surface area contributed by atoms with E-state index in [4.69, 9.17) is 9.78 Å². The van der Waals surface area contributed by atoms with Crippen molar-refractivity contribution in [1.29, 1.82) is 5.26 Å². The lowest BCUT2D eigenvalue weighted by Gasteiger charge is -1.92. The van der Waals surface area contributed by atoms with Crippen molar-refractivity contribution in [1.82, 2.24) is 15.1 Å². The maximum absolute atomic E-state index is 8.79. The molecule has 0 spiro atoms.